The second-order valence-corrected chi connectivity index (χ2v) is 3.36. The first kappa shape index (κ1) is 9.45. The minimum atomic E-state index is 0.230. The van der Waals surface area contributed by atoms with Crippen LogP contribution in [0.15, 0.2) is 0 Å². The maximum absolute atomic E-state index is 5.94. The third-order valence-corrected chi connectivity index (χ3v) is 2.20. The molecule has 0 saturated heterocycles. The lowest BCUT2D eigenvalue weighted by atomic mass is 10.2. The van der Waals surface area contributed by atoms with E-state index in [1.807, 2.05) is 0 Å². The van der Waals surface area contributed by atoms with Crippen LogP contribution in [0.25, 0.3) is 0 Å². The van der Waals surface area contributed by atoms with Crippen LogP contribution in [-0.2, 0) is 13.5 Å². The molecule has 0 amide bonds. The molecule has 0 aliphatic rings. The summed E-state index contributed by atoms with van der Waals surface area (Å²) in [5.41, 5.74) is 0. The Morgan fingerprint density at radius 1 is 1.58 bits per heavy atom. The van der Waals surface area contributed by atoms with Crippen LogP contribution in [0.3, 0.4) is 0 Å². The normalized spacial score (nSPS) is 13.2. The molecule has 0 N–H and O–H groups in total. The molecule has 1 heterocycles. The largest absolute Gasteiger partial charge is 0.174 e. The van der Waals surface area contributed by atoms with Crippen LogP contribution >= 0.6 is 11.6 Å². The summed E-state index contributed by atoms with van der Waals surface area (Å²) >= 11 is 5.94. The van der Waals surface area contributed by atoms with Gasteiger partial charge in [0.25, 0.3) is 0 Å². The lowest BCUT2D eigenvalue weighted by Crippen LogP contribution is -2.00. The highest BCUT2D eigenvalue weighted by Crippen LogP contribution is 2.08. The fraction of sp³-hybridized carbons (Fsp3) is 0.857. The highest BCUT2D eigenvalue weighted by atomic mass is 35.5. The predicted molar refractivity (Wildman–Crippen MR) is 47.1 cm³/mol. The number of hydrogen-bond acceptors (Lipinski definition) is 3. The molecule has 0 spiro atoms. The van der Waals surface area contributed by atoms with E-state index in [-0.39, 0.29) is 5.38 Å². The van der Waals surface area contributed by atoms with Gasteiger partial charge in [-0.3, -0.25) is 0 Å². The quantitative estimate of drug-likeness (QED) is 0.667. The van der Waals surface area contributed by atoms with Crippen molar-refractivity contribution in [2.75, 3.05) is 0 Å². The standard InChI is InChI=1S/C7H13ClN4/c1-3-6(8)4-5-7-9-11-12(2)10-7/h6H,3-5H2,1-2H3. The van der Waals surface area contributed by atoms with Crippen molar-refractivity contribution in [3.63, 3.8) is 0 Å². The van der Waals surface area contributed by atoms with Crippen LogP contribution in [0.5, 0.6) is 0 Å². The molecule has 1 rings (SSSR count). The third-order valence-electron chi connectivity index (χ3n) is 1.67. The molecule has 4 nitrogen and oxygen atoms in total. The lowest BCUT2D eigenvalue weighted by molar-refractivity contribution is 0.625. The van der Waals surface area contributed by atoms with Gasteiger partial charge in [-0.25, -0.2) is 0 Å². The summed E-state index contributed by atoms with van der Waals surface area (Å²) in [5, 5.41) is 11.9. The molecule has 0 aliphatic heterocycles. The number of hydrogen-bond donors (Lipinski definition) is 0. The smallest absolute Gasteiger partial charge is 0.167 e. The first-order chi connectivity index (χ1) is 5.72. The van der Waals surface area contributed by atoms with E-state index in [9.17, 15) is 0 Å². The second-order valence-electron chi connectivity index (χ2n) is 2.74. The lowest BCUT2D eigenvalue weighted by Gasteiger charge is -2.01. The van der Waals surface area contributed by atoms with Gasteiger partial charge in [0.15, 0.2) is 5.82 Å². The summed E-state index contributed by atoms with van der Waals surface area (Å²) in [6.07, 6.45) is 2.72. The molecule has 0 aromatic carbocycles. The molecule has 0 aliphatic carbocycles. The van der Waals surface area contributed by atoms with E-state index in [0.717, 1.165) is 25.1 Å². The van der Waals surface area contributed by atoms with Crippen LogP contribution in [0.1, 0.15) is 25.6 Å². The van der Waals surface area contributed by atoms with E-state index in [1.165, 1.54) is 4.80 Å². The van der Waals surface area contributed by atoms with E-state index in [1.54, 1.807) is 7.05 Å². The second kappa shape index (κ2) is 4.40. The average molecular weight is 189 g/mol. The molecule has 0 bridgehead atoms. The van der Waals surface area contributed by atoms with Crippen LogP contribution in [0.4, 0.5) is 0 Å². The Kier molecular flexibility index (Phi) is 3.47. The van der Waals surface area contributed by atoms with E-state index < -0.39 is 0 Å². The zero-order valence-corrected chi connectivity index (χ0v) is 8.12. The van der Waals surface area contributed by atoms with Gasteiger partial charge < -0.3 is 0 Å². The molecule has 1 aromatic heterocycles. The molecular weight excluding hydrogens is 176 g/mol. The van der Waals surface area contributed by atoms with Gasteiger partial charge in [-0.2, -0.15) is 4.80 Å². The van der Waals surface area contributed by atoms with Crippen LogP contribution in [0.2, 0.25) is 0 Å². The number of alkyl halides is 1. The summed E-state index contributed by atoms with van der Waals surface area (Å²) < 4.78 is 0. The number of aryl methyl sites for hydroxylation is 2. The molecule has 1 aromatic rings. The highest BCUT2D eigenvalue weighted by molar-refractivity contribution is 6.20. The maximum atomic E-state index is 5.94. The van der Waals surface area contributed by atoms with Gasteiger partial charge in [-0.05, 0) is 18.1 Å². The summed E-state index contributed by atoms with van der Waals surface area (Å²) in [5.74, 6) is 0.775. The average Bonchev–Trinajstić information content (AvgIpc) is 2.47. The molecule has 12 heavy (non-hydrogen) atoms. The van der Waals surface area contributed by atoms with Gasteiger partial charge in [0, 0.05) is 11.8 Å². The third kappa shape index (κ3) is 2.77. The zero-order valence-electron chi connectivity index (χ0n) is 7.37. The Morgan fingerprint density at radius 2 is 2.33 bits per heavy atom. The number of tetrazole rings is 1. The minimum absolute atomic E-state index is 0.230. The Balaban J connectivity index is 2.33. The van der Waals surface area contributed by atoms with E-state index >= 15 is 0 Å². The fourth-order valence-electron chi connectivity index (χ4n) is 0.913. The maximum Gasteiger partial charge on any atom is 0.174 e. The molecule has 1 atom stereocenters. The number of aromatic nitrogens is 4. The van der Waals surface area contributed by atoms with Crippen molar-refractivity contribution < 1.29 is 0 Å². The van der Waals surface area contributed by atoms with Gasteiger partial charge >= 0.3 is 0 Å². The fourth-order valence-corrected chi connectivity index (χ4v) is 1.02. The number of halogens is 1. The van der Waals surface area contributed by atoms with Crippen molar-refractivity contribution >= 4 is 11.6 Å². The first-order valence-corrected chi connectivity index (χ1v) is 4.53. The van der Waals surface area contributed by atoms with Gasteiger partial charge in [0.2, 0.25) is 0 Å². The summed E-state index contributed by atoms with van der Waals surface area (Å²) in [7, 11) is 1.76. The molecule has 0 radical (unpaired) electrons. The number of rotatable bonds is 4. The molecule has 0 fully saturated rings. The highest BCUT2D eigenvalue weighted by Gasteiger charge is 2.05. The SMILES string of the molecule is CCC(Cl)CCc1nnn(C)n1. The topological polar surface area (TPSA) is 43.6 Å². The van der Waals surface area contributed by atoms with E-state index in [0.29, 0.717) is 0 Å². The molecule has 5 heteroatoms. The van der Waals surface area contributed by atoms with Gasteiger partial charge in [-0.1, -0.05) is 6.92 Å². The minimum Gasteiger partial charge on any atom is -0.167 e. The van der Waals surface area contributed by atoms with Crippen LogP contribution < -0.4 is 0 Å². The van der Waals surface area contributed by atoms with Crippen LogP contribution in [0, 0.1) is 0 Å². The Hall–Kier alpha value is -0.640. The van der Waals surface area contributed by atoms with Crippen molar-refractivity contribution in [3.05, 3.63) is 5.82 Å². The van der Waals surface area contributed by atoms with Crippen LogP contribution in [-0.4, -0.2) is 25.6 Å². The summed E-state index contributed by atoms with van der Waals surface area (Å²) in [6, 6.07) is 0. The van der Waals surface area contributed by atoms with Crippen molar-refractivity contribution in [1.82, 2.24) is 20.2 Å². The van der Waals surface area contributed by atoms with Crippen molar-refractivity contribution in [2.45, 2.75) is 31.6 Å². The Labute approximate surface area is 76.9 Å². The summed E-state index contributed by atoms with van der Waals surface area (Å²) in [4.78, 5) is 1.46. The van der Waals surface area contributed by atoms with Crippen molar-refractivity contribution in [1.29, 1.82) is 0 Å². The monoisotopic (exact) mass is 188 g/mol. The molecule has 0 saturated carbocycles. The first-order valence-electron chi connectivity index (χ1n) is 4.09. The Morgan fingerprint density at radius 3 is 2.83 bits per heavy atom. The van der Waals surface area contributed by atoms with Gasteiger partial charge in [0.1, 0.15) is 0 Å². The van der Waals surface area contributed by atoms with Crippen molar-refractivity contribution in [3.8, 4) is 0 Å². The van der Waals surface area contributed by atoms with E-state index in [2.05, 4.69) is 22.3 Å². The van der Waals surface area contributed by atoms with Crippen molar-refractivity contribution in [2.24, 2.45) is 7.05 Å². The molecule has 68 valence electrons. The zero-order chi connectivity index (χ0) is 8.97. The number of nitrogens with zero attached hydrogens (tertiary/aromatic N) is 4. The Bertz CT molecular complexity index is 235. The summed E-state index contributed by atoms with van der Waals surface area (Å²) in [6.45, 7) is 2.07. The predicted octanol–water partition coefficient (Wildman–Crippen LogP) is 1.16. The molecule has 1 unspecified atom stereocenters. The van der Waals surface area contributed by atoms with Gasteiger partial charge in [-0.15, -0.1) is 21.8 Å². The van der Waals surface area contributed by atoms with Gasteiger partial charge in [0.05, 0.1) is 7.05 Å². The van der Waals surface area contributed by atoms with E-state index in [4.69, 9.17) is 11.6 Å². The molecular formula is C7H13ClN4.